The number of carbonyl (C=O) groups excluding carboxylic acids is 2. The van der Waals surface area contributed by atoms with E-state index in [1.165, 1.54) is 16.4 Å². The first-order valence-electron chi connectivity index (χ1n) is 11.3. The summed E-state index contributed by atoms with van der Waals surface area (Å²) in [5, 5.41) is 0. The van der Waals surface area contributed by atoms with Gasteiger partial charge in [0.2, 0.25) is 0 Å². The highest BCUT2D eigenvalue weighted by atomic mass is 32.2. The molecular weight excluding hydrogens is 440 g/mol. The molecular formula is C25H32N2O5S. The fourth-order valence-corrected chi connectivity index (χ4v) is 6.13. The Labute approximate surface area is 196 Å². The third kappa shape index (κ3) is 5.38. The fourth-order valence-electron chi connectivity index (χ4n) is 4.41. The zero-order valence-electron chi connectivity index (χ0n) is 19.7. The number of ether oxygens (including phenoxy) is 1. The molecule has 1 heterocycles. The molecule has 0 spiro atoms. The van der Waals surface area contributed by atoms with E-state index in [0.29, 0.717) is 11.3 Å². The summed E-state index contributed by atoms with van der Waals surface area (Å²) in [4.78, 5) is 27.2. The predicted molar refractivity (Wildman–Crippen MR) is 128 cm³/mol. The maximum atomic E-state index is 13.4. The van der Waals surface area contributed by atoms with Crippen molar-refractivity contribution in [2.75, 3.05) is 17.5 Å². The maximum absolute atomic E-state index is 13.4. The van der Waals surface area contributed by atoms with Crippen LogP contribution in [0, 0.1) is 6.92 Å². The topological polar surface area (TPSA) is 84.0 Å². The number of aryl methyl sites for hydroxylation is 1. The van der Waals surface area contributed by atoms with Gasteiger partial charge >= 0.3 is 5.97 Å². The number of sulfonamides is 1. The minimum absolute atomic E-state index is 0.0345. The molecule has 2 unspecified atom stereocenters. The molecule has 0 aromatic heterocycles. The number of hydrogen-bond donors (Lipinski definition) is 0. The number of likely N-dealkylation sites (tertiary alicyclic amines) is 1. The van der Waals surface area contributed by atoms with Gasteiger partial charge in [-0.1, -0.05) is 24.3 Å². The van der Waals surface area contributed by atoms with Gasteiger partial charge in [-0.25, -0.2) is 13.2 Å². The molecule has 1 fully saturated rings. The Balaban J connectivity index is 1.79. The van der Waals surface area contributed by atoms with Crippen LogP contribution in [-0.4, -0.2) is 50.4 Å². The second-order valence-corrected chi connectivity index (χ2v) is 10.3. The number of rotatable bonds is 7. The van der Waals surface area contributed by atoms with Gasteiger partial charge < -0.3 is 9.64 Å². The van der Waals surface area contributed by atoms with Crippen LogP contribution in [0.5, 0.6) is 0 Å². The molecule has 2 atom stereocenters. The molecule has 8 heteroatoms. The Morgan fingerprint density at radius 2 is 1.70 bits per heavy atom. The summed E-state index contributed by atoms with van der Waals surface area (Å²) >= 11 is 0. The van der Waals surface area contributed by atoms with Crippen LogP contribution in [0.3, 0.4) is 0 Å². The zero-order valence-corrected chi connectivity index (χ0v) is 20.5. The van der Waals surface area contributed by atoms with Crippen LogP contribution in [0.15, 0.2) is 53.4 Å². The van der Waals surface area contributed by atoms with Crippen LogP contribution < -0.4 is 4.31 Å². The van der Waals surface area contributed by atoms with E-state index in [0.717, 1.165) is 19.3 Å². The lowest BCUT2D eigenvalue weighted by Crippen LogP contribution is -2.49. The quantitative estimate of drug-likeness (QED) is 0.565. The first-order valence-corrected chi connectivity index (χ1v) is 12.8. The number of anilines is 1. The summed E-state index contributed by atoms with van der Waals surface area (Å²) in [5.41, 5.74) is 1.16. The van der Waals surface area contributed by atoms with Crippen LogP contribution in [0.4, 0.5) is 5.69 Å². The van der Waals surface area contributed by atoms with E-state index in [2.05, 4.69) is 0 Å². The first-order chi connectivity index (χ1) is 15.7. The Bertz CT molecular complexity index is 1090. The highest BCUT2D eigenvalue weighted by Crippen LogP contribution is 2.27. The molecule has 1 saturated heterocycles. The van der Waals surface area contributed by atoms with Gasteiger partial charge in [-0.15, -0.1) is 0 Å². The molecule has 0 bridgehead atoms. The number of hydrogen-bond acceptors (Lipinski definition) is 5. The second kappa shape index (κ2) is 10.4. The van der Waals surface area contributed by atoms with Crippen molar-refractivity contribution in [2.24, 2.45) is 0 Å². The van der Waals surface area contributed by atoms with Crippen molar-refractivity contribution < 1.29 is 22.7 Å². The number of piperidine rings is 1. The van der Waals surface area contributed by atoms with E-state index in [1.807, 2.05) is 19.9 Å². The largest absolute Gasteiger partial charge is 0.452 e. The van der Waals surface area contributed by atoms with Crippen molar-refractivity contribution in [3.8, 4) is 0 Å². The molecule has 0 saturated carbocycles. The van der Waals surface area contributed by atoms with Gasteiger partial charge in [0.25, 0.3) is 15.9 Å². The van der Waals surface area contributed by atoms with Crippen molar-refractivity contribution in [1.29, 1.82) is 0 Å². The summed E-state index contributed by atoms with van der Waals surface area (Å²) in [6.45, 7) is 7.31. The lowest BCUT2D eigenvalue weighted by molar-refractivity contribution is -0.140. The monoisotopic (exact) mass is 472 g/mol. The normalized spacial score (nSPS) is 18.6. The minimum atomic E-state index is -3.90. The van der Waals surface area contributed by atoms with E-state index in [-0.39, 0.29) is 41.6 Å². The van der Waals surface area contributed by atoms with Crippen molar-refractivity contribution in [3.63, 3.8) is 0 Å². The third-order valence-corrected chi connectivity index (χ3v) is 8.18. The van der Waals surface area contributed by atoms with Gasteiger partial charge in [-0.2, -0.15) is 0 Å². The van der Waals surface area contributed by atoms with Crippen molar-refractivity contribution in [2.45, 2.75) is 63.9 Å². The molecule has 1 amide bonds. The fraction of sp³-hybridized carbons (Fsp3) is 0.440. The average Bonchev–Trinajstić information content (AvgIpc) is 2.78. The highest BCUT2D eigenvalue weighted by Gasteiger charge is 2.30. The minimum Gasteiger partial charge on any atom is -0.452 e. The summed E-state index contributed by atoms with van der Waals surface area (Å²) in [5.74, 6) is -0.955. The van der Waals surface area contributed by atoms with Crippen molar-refractivity contribution in [1.82, 2.24) is 4.90 Å². The molecule has 2 aromatic carbocycles. The maximum Gasteiger partial charge on any atom is 0.338 e. The molecule has 3 rings (SSSR count). The molecule has 1 aliphatic rings. The van der Waals surface area contributed by atoms with Gasteiger partial charge in [0, 0.05) is 18.6 Å². The number of amides is 1. The number of para-hydroxylation sites is 1. The number of benzene rings is 2. The summed E-state index contributed by atoms with van der Waals surface area (Å²) < 4.78 is 33.4. The van der Waals surface area contributed by atoms with E-state index in [9.17, 15) is 18.0 Å². The SMILES string of the molecule is CCN(c1ccccc1)S(=O)(=O)c1cc(C(=O)OCC(=O)N2C(C)CCCC2C)ccc1C. The summed E-state index contributed by atoms with van der Waals surface area (Å²) in [6.07, 6.45) is 2.93. The zero-order chi connectivity index (χ0) is 24.2. The molecule has 7 nitrogen and oxygen atoms in total. The lowest BCUT2D eigenvalue weighted by Gasteiger charge is -2.38. The molecule has 0 radical (unpaired) electrons. The highest BCUT2D eigenvalue weighted by molar-refractivity contribution is 7.92. The van der Waals surface area contributed by atoms with Crippen LogP contribution in [-0.2, 0) is 19.6 Å². The molecule has 0 aliphatic carbocycles. The van der Waals surface area contributed by atoms with Gasteiger partial charge in [-0.3, -0.25) is 9.10 Å². The number of nitrogens with zero attached hydrogens (tertiary/aromatic N) is 2. The van der Waals surface area contributed by atoms with E-state index >= 15 is 0 Å². The molecule has 2 aromatic rings. The Kier molecular flexibility index (Phi) is 7.79. The van der Waals surface area contributed by atoms with Gasteiger partial charge in [-0.05, 0) is 76.8 Å². The summed E-state index contributed by atoms with van der Waals surface area (Å²) in [6, 6.07) is 13.5. The standard InChI is InChI=1S/C25H32N2O5S/c1-5-26(22-12-7-6-8-13-22)33(30,31)23-16-21(15-14-18(23)2)25(29)32-17-24(28)27-19(3)10-9-11-20(27)4/h6-8,12-16,19-20H,5,9-11,17H2,1-4H3. The smallest absolute Gasteiger partial charge is 0.338 e. The van der Waals surface area contributed by atoms with Gasteiger partial charge in [0.05, 0.1) is 16.1 Å². The lowest BCUT2D eigenvalue weighted by atomic mass is 9.97. The molecule has 1 aliphatic heterocycles. The Hall–Kier alpha value is -2.87. The van der Waals surface area contributed by atoms with Gasteiger partial charge in [0.1, 0.15) is 0 Å². The van der Waals surface area contributed by atoms with E-state index in [1.54, 1.807) is 49.1 Å². The number of esters is 1. The van der Waals surface area contributed by atoms with E-state index in [4.69, 9.17) is 4.74 Å². The van der Waals surface area contributed by atoms with Crippen LogP contribution >= 0.6 is 0 Å². The molecule has 178 valence electrons. The van der Waals surface area contributed by atoms with Crippen molar-refractivity contribution >= 4 is 27.6 Å². The van der Waals surface area contributed by atoms with Gasteiger partial charge in [0.15, 0.2) is 6.61 Å². The van der Waals surface area contributed by atoms with Crippen LogP contribution in [0.1, 0.15) is 56.0 Å². The molecule has 0 N–H and O–H groups in total. The predicted octanol–water partition coefficient (Wildman–Crippen LogP) is 4.16. The Morgan fingerprint density at radius 1 is 1.06 bits per heavy atom. The van der Waals surface area contributed by atoms with E-state index < -0.39 is 16.0 Å². The van der Waals surface area contributed by atoms with Crippen LogP contribution in [0.25, 0.3) is 0 Å². The summed E-state index contributed by atoms with van der Waals surface area (Å²) in [7, 11) is -3.90. The molecule has 33 heavy (non-hydrogen) atoms. The van der Waals surface area contributed by atoms with Crippen molar-refractivity contribution in [3.05, 3.63) is 59.7 Å². The van der Waals surface area contributed by atoms with Crippen LogP contribution in [0.2, 0.25) is 0 Å². The first kappa shape index (κ1) is 24.8. The third-order valence-electron chi connectivity index (χ3n) is 6.13. The Morgan fingerprint density at radius 3 is 2.30 bits per heavy atom. The number of carbonyl (C=O) groups is 2. The average molecular weight is 473 g/mol. The second-order valence-electron chi connectivity index (χ2n) is 8.49.